The quantitative estimate of drug-likeness (QED) is 0.410. The van der Waals surface area contributed by atoms with E-state index in [1.54, 1.807) is 48.5 Å². The van der Waals surface area contributed by atoms with Crippen LogP contribution in [0.5, 0.6) is 5.75 Å². The second kappa shape index (κ2) is 8.54. The molecule has 0 atom stereocenters. The Morgan fingerprint density at radius 3 is 2.58 bits per heavy atom. The third-order valence-electron chi connectivity index (χ3n) is 4.31. The number of sulfonamides is 1. The van der Waals surface area contributed by atoms with Crippen LogP contribution in [0.3, 0.4) is 0 Å². The number of aromatic nitrogens is 1. The molecule has 0 aliphatic rings. The van der Waals surface area contributed by atoms with Gasteiger partial charge < -0.3 is 4.74 Å². The highest BCUT2D eigenvalue weighted by Gasteiger charge is 2.21. The smallest absolute Gasteiger partial charge is 0.265 e. The molecule has 0 spiro atoms. The van der Waals surface area contributed by atoms with Crippen LogP contribution in [0, 0.1) is 0 Å². The van der Waals surface area contributed by atoms with Crippen molar-refractivity contribution in [3.63, 3.8) is 0 Å². The monoisotopic (exact) mass is 473 g/mol. The largest absolute Gasteiger partial charge is 0.495 e. The Hall–Kier alpha value is -3.14. The number of anilines is 2. The number of hydrogen-bond donors (Lipinski definition) is 2. The Labute approximate surface area is 187 Å². The van der Waals surface area contributed by atoms with E-state index in [4.69, 9.17) is 16.3 Å². The summed E-state index contributed by atoms with van der Waals surface area (Å²) in [6.45, 7) is 0. The lowest BCUT2D eigenvalue weighted by molar-refractivity contribution is 0.102. The number of ether oxygens (including phenoxy) is 1. The van der Waals surface area contributed by atoms with Crippen molar-refractivity contribution in [1.29, 1.82) is 0 Å². The molecular weight excluding hydrogens is 458 g/mol. The van der Waals surface area contributed by atoms with E-state index >= 15 is 0 Å². The summed E-state index contributed by atoms with van der Waals surface area (Å²) in [5.41, 5.74) is 1.39. The van der Waals surface area contributed by atoms with E-state index in [2.05, 4.69) is 15.0 Å². The maximum absolute atomic E-state index is 12.9. The van der Waals surface area contributed by atoms with Gasteiger partial charge in [0.25, 0.3) is 15.9 Å². The molecule has 4 rings (SSSR count). The van der Waals surface area contributed by atoms with Gasteiger partial charge in [0.2, 0.25) is 0 Å². The fourth-order valence-electron chi connectivity index (χ4n) is 2.87. The zero-order valence-electron chi connectivity index (χ0n) is 16.1. The highest BCUT2D eigenvalue weighted by molar-refractivity contribution is 7.92. The number of carbonyl (C=O) groups excluding carboxylic acids is 1. The number of thiazole rings is 1. The lowest BCUT2D eigenvalue weighted by Gasteiger charge is -2.12. The van der Waals surface area contributed by atoms with Crippen LogP contribution >= 0.6 is 22.9 Å². The minimum atomic E-state index is -3.95. The summed E-state index contributed by atoms with van der Waals surface area (Å²) in [7, 11) is -2.57. The molecule has 0 saturated carbocycles. The van der Waals surface area contributed by atoms with Crippen LogP contribution in [0.1, 0.15) is 10.4 Å². The first-order chi connectivity index (χ1) is 14.9. The normalized spacial score (nSPS) is 11.3. The number of halogens is 1. The molecule has 1 aromatic heterocycles. The molecule has 158 valence electrons. The van der Waals surface area contributed by atoms with Gasteiger partial charge in [-0.3, -0.25) is 14.8 Å². The number of rotatable bonds is 6. The molecule has 31 heavy (non-hydrogen) atoms. The molecule has 4 aromatic rings. The van der Waals surface area contributed by atoms with Crippen LogP contribution in [0.4, 0.5) is 10.8 Å². The lowest BCUT2D eigenvalue weighted by atomic mass is 10.2. The van der Waals surface area contributed by atoms with Crippen molar-refractivity contribution in [1.82, 2.24) is 4.98 Å². The van der Waals surface area contributed by atoms with E-state index in [1.165, 1.54) is 30.6 Å². The molecular formula is C21H16ClN3O4S2. The number of methoxy groups -OCH3 is 1. The highest BCUT2D eigenvalue weighted by Crippen LogP contribution is 2.31. The zero-order valence-corrected chi connectivity index (χ0v) is 18.5. The number of nitrogens with zero attached hydrogens (tertiary/aromatic N) is 1. The van der Waals surface area contributed by atoms with Crippen LogP contribution in [-0.4, -0.2) is 26.4 Å². The van der Waals surface area contributed by atoms with Gasteiger partial charge in [0.1, 0.15) is 10.6 Å². The molecule has 0 radical (unpaired) electrons. The van der Waals surface area contributed by atoms with Crippen molar-refractivity contribution in [3.8, 4) is 5.75 Å². The topological polar surface area (TPSA) is 97.4 Å². The molecule has 1 amide bonds. The average Bonchev–Trinajstić information content (AvgIpc) is 3.15. The van der Waals surface area contributed by atoms with Gasteiger partial charge in [-0.25, -0.2) is 13.4 Å². The van der Waals surface area contributed by atoms with Crippen molar-refractivity contribution < 1.29 is 17.9 Å². The Bertz CT molecular complexity index is 1370. The molecule has 0 saturated heterocycles. The number of fused-ring (bicyclic) bond motifs is 1. The third-order valence-corrected chi connectivity index (χ3v) is 6.90. The first-order valence-electron chi connectivity index (χ1n) is 8.99. The first-order valence-corrected chi connectivity index (χ1v) is 11.7. The maximum atomic E-state index is 12.9. The maximum Gasteiger partial charge on any atom is 0.265 e. The second-order valence-corrected chi connectivity index (χ2v) is 9.54. The summed E-state index contributed by atoms with van der Waals surface area (Å²) >= 11 is 7.25. The molecule has 0 aliphatic heterocycles. The number of nitrogens with one attached hydrogen (secondary N) is 2. The van der Waals surface area contributed by atoms with E-state index in [0.717, 1.165) is 4.70 Å². The van der Waals surface area contributed by atoms with Gasteiger partial charge >= 0.3 is 0 Å². The predicted molar refractivity (Wildman–Crippen MR) is 123 cm³/mol. The predicted octanol–water partition coefficient (Wildman–Crippen LogP) is 5.01. The van der Waals surface area contributed by atoms with E-state index in [0.29, 0.717) is 21.9 Å². The summed E-state index contributed by atoms with van der Waals surface area (Å²) in [4.78, 5) is 16.7. The van der Waals surface area contributed by atoms with Crippen molar-refractivity contribution in [2.24, 2.45) is 0 Å². The summed E-state index contributed by atoms with van der Waals surface area (Å²) in [6.07, 6.45) is 0. The van der Waals surface area contributed by atoms with Crippen molar-refractivity contribution in [3.05, 3.63) is 77.3 Å². The van der Waals surface area contributed by atoms with E-state index < -0.39 is 10.0 Å². The molecule has 0 bridgehead atoms. The molecule has 0 unspecified atom stereocenters. The fraction of sp³-hybridized carbons (Fsp3) is 0.0476. The Balaban J connectivity index is 1.59. The van der Waals surface area contributed by atoms with Crippen molar-refractivity contribution in [2.75, 3.05) is 17.1 Å². The lowest BCUT2D eigenvalue weighted by Crippen LogP contribution is -2.14. The van der Waals surface area contributed by atoms with E-state index in [9.17, 15) is 13.2 Å². The van der Waals surface area contributed by atoms with Crippen LogP contribution in [0.25, 0.3) is 10.2 Å². The average molecular weight is 474 g/mol. The third kappa shape index (κ3) is 4.63. The van der Waals surface area contributed by atoms with Gasteiger partial charge in [-0.05, 0) is 48.5 Å². The first kappa shape index (κ1) is 21.1. The van der Waals surface area contributed by atoms with Gasteiger partial charge in [0.05, 0.1) is 23.0 Å². The SMILES string of the molecule is COc1ccc(Cl)cc1S(=O)(=O)Nc1ccc2sc(NC(=O)c3ccccc3)nc2c1. The van der Waals surface area contributed by atoms with Gasteiger partial charge in [0, 0.05) is 10.6 Å². The number of amides is 1. The Morgan fingerprint density at radius 1 is 1.06 bits per heavy atom. The minimum absolute atomic E-state index is 0.0725. The van der Waals surface area contributed by atoms with E-state index in [-0.39, 0.29) is 21.6 Å². The van der Waals surface area contributed by atoms with Crippen LogP contribution in [0.2, 0.25) is 5.02 Å². The minimum Gasteiger partial charge on any atom is -0.495 e. The standard InChI is InChI=1S/C21H16ClN3O4S2/c1-29-17-9-7-14(22)11-19(17)31(27,28)25-15-8-10-18-16(12-15)23-21(30-18)24-20(26)13-5-3-2-4-6-13/h2-12,25H,1H3,(H,23,24,26). The molecule has 2 N–H and O–H groups in total. The molecule has 0 aliphatic carbocycles. The molecule has 10 heteroatoms. The summed E-state index contributed by atoms with van der Waals surface area (Å²) in [5, 5.41) is 3.45. The Kier molecular flexibility index (Phi) is 5.81. The summed E-state index contributed by atoms with van der Waals surface area (Å²) in [6, 6.07) is 18.1. The van der Waals surface area contributed by atoms with Crippen LogP contribution in [0.15, 0.2) is 71.6 Å². The molecule has 0 fully saturated rings. The van der Waals surface area contributed by atoms with Crippen molar-refractivity contribution >= 4 is 59.9 Å². The van der Waals surface area contributed by atoms with Gasteiger partial charge in [-0.15, -0.1) is 0 Å². The zero-order chi connectivity index (χ0) is 22.0. The Morgan fingerprint density at radius 2 is 1.84 bits per heavy atom. The summed E-state index contributed by atoms with van der Waals surface area (Å²) in [5.74, 6) is -0.0915. The number of carbonyl (C=O) groups is 1. The van der Waals surface area contributed by atoms with Crippen LogP contribution < -0.4 is 14.8 Å². The van der Waals surface area contributed by atoms with E-state index in [1.807, 2.05) is 6.07 Å². The van der Waals surface area contributed by atoms with Gasteiger partial charge in [-0.1, -0.05) is 41.1 Å². The molecule has 7 nitrogen and oxygen atoms in total. The number of hydrogen-bond acceptors (Lipinski definition) is 6. The molecule has 1 heterocycles. The summed E-state index contributed by atoms with van der Waals surface area (Å²) < 4.78 is 34.2. The molecule has 3 aromatic carbocycles. The second-order valence-electron chi connectivity index (χ2n) is 6.42. The van der Waals surface area contributed by atoms with Crippen molar-refractivity contribution in [2.45, 2.75) is 4.90 Å². The highest BCUT2D eigenvalue weighted by atomic mass is 35.5. The number of benzene rings is 3. The fourth-order valence-corrected chi connectivity index (χ4v) is 5.20. The van der Waals surface area contributed by atoms with Crippen LogP contribution in [-0.2, 0) is 10.0 Å². The van der Waals surface area contributed by atoms with Gasteiger partial charge in [-0.2, -0.15) is 0 Å². The van der Waals surface area contributed by atoms with Gasteiger partial charge in [0.15, 0.2) is 5.13 Å².